The van der Waals surface area contributed by atoms with E-state index < -0.39 is 5.97 Å². The van der Waals surface area contributed by atoms with E-state index in [0.29, 0.717) is 11.4 Å². The number of aromatic nitrogens is 1. The normalized spacial score (nSPS) is 11.4. The largest absolute Gasteiger partial charge is 0.466 e. The third kappa shape index (κ3) is 4.80. The highest BCUT2D eigenvalue weighted by atomic mass is 32.2. The van der Waals surface area contributed by atoms with Gasteiger partial charge in [-0.3, -0.25) is 0 Å². The lowest BCUT2D eigenvalue weighted by atomic mass is 10.2. The number of ether oxygens (including phenoxy) is 1. The predicted octanol–water partition coefficient (Wildman–Crippen LogP) is 2.78. The zero-order chi connectivity index (χ0) is 14.3. The molecule has 1 aromatic rings. The average Bonchev–Trinajstić information content (AvgIpc) is 2.40. The van der Waals surface area contributed by atoms with Crippen molar-refractivity contribution in [3.8, 4) is 0 Å². The maximum absolute atomic E-state index is 11.3. The summed E-state index contributed by atoms with van der Waals surface area (Å²) < 4.78 is 4.58. The molecule has 19 heavy (non-hydrogen) atoms. The first-order valence-corrected chi connectivity index (χ1v) is 7.91. The number of nitrogens with two attached hydrogens (primary N) is 1. The van der Waals surface area contributed by atoms with Crippen molar-refractivity contribution in [3.05, 3.63) is 23.9 Å². The van der Waals surface area contributed by atoms with Gasteiger partial charge in [0.25, 0.3) is 0 Å². The average molecular weight is 298 g/mol. The van der Waals surface area contributed by atoms with Crippen LogP contribution in [0.25, 0.3) is 5.70 Å². The standard InChI is InChI=1S/C13H18N2O2S2/c1-4-18-10-6-7-11(19-5-2)15-13(10)9(14)8-12(16)17-3/h6-8H,4-5,14H2,1-3H3/b9-8-. The van der Waals surface area contributed by atoms with Gasteiger partial charge < -0.3 is 10.5 Å². The fourth-order valence-electron chi connectivity index (χ4n) is 1.39. The van der Waals surface area contributed by atoms with Crippen molar-refractivity contribution in [3.63, 3.8) is 0 Å². The van der Waals surface area contributed by atoms with Crippen molar-refractivity contribution < 1.29 is 9.53 Å². The van der Waals surface area contributed by atoms with Crippen LogP contribution < -0.4 is 5.73 Å². The Labute approximate surface area is 122 Å². The van der Waals surface area contributed by atoms with E-state index in [1.807, 2.05) is 12.1 Å². The molecule has 0 radical (unpaired) electrons. The third-order valence-electron chi connectivity index (χ3n) is 2.17. The van der Waals surface area contributed by atoms with Crippen LogP contribution in [0.5, 0.6) is 0 Å². The van der Waals surface area contributed by atoms with Crippen LogP contribution in [0.15, 0.2) is 28.1 Å². The van der Waals surface area contributed by atoms with Gasteiger partial charge in [-0.1, -0.05) is 13.8 Å². The number of rotatable bonds is 6. The minimum atomic E-state index is -0.472. The Morgan fingerprint density at radius 2 is 2.05 bits per heavy atom. The molecule has 6 heteroatoms. The minimum absolute atomic E-state index is 0.335. The molecule has 0 unspecified atom stereocenters. The van der Waals surface area contributed by atoms with E-state index in [-0.39, 0.29) is 0 Å². The van der Waals surface area contributed by atoms with E-state index in [0.717, 1.165) is 21.4 Å². The van der Waals surface area contributed by atoms with E-state index in [2.05, 4.69) is 23.6 Å². The molecular formula is C13H18N2O2S2. The molecule has 104 valence electrons. The second-order valence-corrected chi connectivity index (χ2v) is 6.08. The van der Waals surface area contributed by atoms with Gasteiger partial charge >= 0.3 is 5.97 Å². The SMILES string of the molecule is CCSc1ccc(SCC)c(/C(N)=C/C(=O)OC)n1. The van der Waals surface area contributed by atoms with E-state index in [1.165, 1.54) is 13.2 Å². The Hall–Kier alpha value is -1.14. The first kappa shape index (κ1) is 15.9. The number of esters is 1. The maximum atomic E-state index is 11.3. The van der Waals surface area contributed by atoms with E-state index >= 15 is 0 Å². The second-order valence-electron chi connectivity index (χ2n) is 3.49. The van der Waals surface area contributed by atoms with Gasteiger partial charge in [0, 0.05) is 11.0 Å². The third-order valence-corrected chi connectivity index (χ3v) is 3.91. The lowest BCUT2D eigenvalue weighted by Gasteiger charge is -2.09. The number of carbonyl (C=O) groups excluding carboxylic acids is 1. The van der Waals surface area contributed by atoms with Crippen molar-refractivity contribution in [2.45, 2.75) is 23.8 Å². The monoisotopic (exact) mass is 298 g/mol. The van der Waals surface area contributed by atoms with E-state index in [1.54, 1.807) is 23.5 Å². The maximum Gasteiger partial charge on any atom is 0.332 e. The van der Waals surface area contributed by atoms with Gasteiger partial charge in [0.05, 0.1) is 17.8 Å². The quantitative estimate of drug-likeness (QED) is 0.495. The molecular weight excluding hydrogens is 280 g/mol. The summed E-state index contributed by atoms with van der Waals surface area (Å²) in [5.74, 6) is 1.38. The van der Waals surface area contributed by atoms with Gasteiger partial charge in [0.1, 0.15) is 5.69 Å². The summed E-state index contributed by atoms with van der Waals surface area (Å²) in [4.78, 5) is 16.7. The highest BCUT2D eigenvalue weighted by molar-refractivity contribution is 7.99. The summed E-state index contributed by atoms with van der Waals surface area (Å²) in [6.07, 6.45) is 1.27. The van der Waals surface area contributed by atoms with Crippen LogP contribution >= 0.6 is 23.5 Å². The van der Waals surface area contributed by atoms with Gasteiger partial charge in [-0.25, -0.2) is 9.78 Å². The summed E-state index contributed by atoms with van der Waals surface area (Å²) in [5.41, 5.74) is 6.93. The summed E-state index contributed by atoms with van der Waals surface area (Å²) in [6, 6.07) is 3.97. The highest BCUT2D eigenvalue weighted by Crippen LogP contribution is 2.27. The highest BCUT2D eigenvalue weighted by Gasteiger charge is 2.10. The molecule has 0 amide bonds. The van der Waals surface area contributed by atoms with Gasteiger partial charge in [-0.15, -0.1) is 23.5 Å². The van der Waals surface area contributed by atoms with Crippen LogP contribution in [0.3, 0.4) is 0 Å². The van der Waals surface area contributed by atoms with Crippen LogP contribution in [0, 0.1) is 0 Å². The Kier molecular flexibility index (Phi) is 6.80. The van der Waals surface area contributed by atoms with Crippen LogP contribution in [-0.4, -0.2) is 29.6 Å². The van der Waals surface area contributed by atoms with Gasteiger partial charge in [0.15, 0.2) is 0 Å². The zero-order valence-electron chi connectivity index (χ0n) is 11.3. The molecule has 0 atom stereocenters. The number of nitrogens with zero attached hydrogens (tertiary/aromatic N) is 1. The fraction of sp³-hybridized carbons (Fsp3) is 0.385. The smallest absolute Gasteiger partial charge is 0.332 e. The molecule has 0 spiro atoms. The number of thioether (sulfide) groups is 2. The lowest BCUT2D eigenvalue weighted by Crippen LogP contribution is -2.06. The zero-order valence-corrected chi connectivity index (χ0v) is 12.9. The van der Waals surface area contributed by atoms with Gasteiger partial charge in [-0.05, 0) is 23.6 Å². The molecule has 0 aliphatic rings. The van der Waals surface area contributed by atoms with Crippen molar-refractivity contribution in [1.29, 1.82) is 0 Å². The molecule has 0 saturated carbocycles. The van der Waals surface area contributed by atoms with Crippen molar-refractivity contribution >= 4 is 35.2 Å². The summed E-state index contributed by atoms with van der Waals surface area (Å²) >= 11 is 3.29. The number of carbonyl (C=O) groups is 1. The van der Waals surface area contributed by atoms with Crippen LogP contribution in [-0.2, 0) is 9.53 Å². The van der Waals surface area contributed by atoms with Crippen LogP contribution in [0.2, 0.25) is 0 Å². The molecule has 1 heterocycles. The van der Waals surface area contributed by atoms with Gasteiger partial charge in [-0.2, -0.15) is 0 Å². The molecule has 0 aromatic carbocycles. The summed E-state index contributed by atoms with van der Waals surface area (Å²) in [7, 11) is 1.32. The Bertz CT molecular complexity index is 476. The first-order valence-electron chi connectivity index (χ1n) is 5.94. The molecule has 1 rings (SSSR count). The number of pyridine rings is 1. The Balaban J connectivity index is 3.15. The molecule has 2 N–H and O–H groups in total. The van der Waals surface area contributed by atoms with Crippen LogP contribution in [0.4, 0.5) is 0 Å². The van der Waals surface area contributed by atoms with Crippen molar-refractivity contribution in [1.82, 2.24) is 4.98 Å². The molecule has 4 nitrogen and oxygen atoms in total. The summed E-state index contributed by atoms with van der Waals surface area (Å²) in [6.45, 7) is 4.12. The molecule has 0 saturated heterocycles. The molecule has 0 aliphatic heterocycles. The summed E-state index contributed by atoms with van der Waals surface area (Å²) in [5, 5.41) is 0.902. The van der Waals surface area contributed by atoms with Crippen LogP contribution in [0.1, 0.15) is 19.5 Å². The molecule has 0 fully saturated rings. The van der Waals surface area contributed by atoms with E-state index in [4.69, 9.17) is 5.73 Å². The predicted molar refractivity (Wildman–Crippen MR) is 81.2 cm³/mol. The Morgan fingerprint density at radius 1 is 1.37 bits per heavy atom. The number of hydrogen-bond acceptors (Lipinski definition) is 6. The fourth-order valence-corrected chi connectivity index (χ4v) is 2.78. The lowest BCUT2D eigenvalue weighted by molar-refractivity contribution is -0.134. The molecule has 0 aliphatic carbocycles. The van der Waals surface area contributed by atoms with Gasteiger partial charge in [0.2, 0.25) is 0 Å². The second kappa shape index (κ2) is 8.12. The Morgan fingerprint density at radius 3 is 2.63 bits per heavy atom. The van der Waals surface area contributed by atoms with Crippen molar-refractivity contribution in [2.24, 2.45) is 5.73 Å². The molecule has 0 bridgehead atoms. The number of methoxy groups -OCH3 is 1. The first-order chi connectivity index (χ1) is 9.12. The number of hydrogen-bond donors (Lipinski definition) is 1. The topological polar surface area (TPSA) is 65.2 Å². The molecule has 1 aromatic heterocycles. The van der Waals surface area contributed by atoms with Crippen molar-refractivity contribution in [2.75, 3.05) is 18.6 Å². The van der Waals surface area contributed by atoms with E-state index in [9.17, 15) is 4.79 Å². The minimum Gasteiger partial charge on any atom is -0.466 e.